The molecule has 0 aliphatic heterocycles. The monoisotopic (exact) mass is 225 g/mol. The molecule has 0 saturated heterocycles. The maximum atomic E-state index is 12.9. The molecule has 90 valence electrons. The van der Waals surface area contributed by atoms with Crippen LogP contribution in [-0.2, 0) is 6.42 Å². The first-order chi connectivity index (χ1) is 7.49. The fourth-order valence-electron chi connectivity index (χ4n) is 1.65. The molecule has 0 bridgehead atoms. The number of aliphatic hydroxyl groups is 1. The number of aliphatic hydroxyl groups excluding tert-OH is 1. The molecule has 0 spiro atoms. The molecule has 1 aromatic carbocycles. The summed E-state index contributed by atoms with van der Waals surface area (Å²) >= 11 is 0. The second-order valence-corrected chi connectivity index (χ2v) is 4.52. The molecule has 0 aliphatic rings. The second kappa shape index (κ2) is 5.97. The normalized spacial score (nSPS) is 13.1. The lowest BCUT2D eigenvalue weighted by Gasteiger charge is -2.15. The molecule has 0 fully saturated rings. The van der Waals surface area contributed by atoms with Gasteiger partial charge < -0.3 is 10.0 Å². The van der Waals surface area contributed by atoms with Crippen LogP contribution in [-0.4, -0.2) is 36.8 Å². The van der Waals surface area contributed by atoms with Crippen molar-refractivity contribution in [2.45, 2.75) is 25.9 Å². The van der Waals surface area contributed by atoms with E-state index >= 15 is 0 Å². The number of aryl methyl sites for hydroxylation is 1. The SMILES string of the molecule is Cc1cc(F)ccc1CC(O)CCN(C)C. The number of rotatable bonds is 5. The molecular formula is C13H20FNO. The van der Waals surface area contributed by atoms with Crippen molar-refractivity contribution in [2.24, 2.45) is 0 Å². The summed E-state index contributed by atoms with van der Waals surface area (Å²) in [6.45, 7) is 2.73. The summed E-state index contributed by atoms with van der Waals surface area (Å²) in [5.41, 5.74) is 1.93. The Morgan fingerprint density at radius 2 is 2.06 bits per heavy atom. The van der Waals surface area contributed by atoms with E-state index < -0.39 is 0 Å². The van der Waals surface area contributed by atoms with Gasteiger partial charge in [0, 0.05) is 0 Å². The van der Waals surface area contributed by atoms with Crippen LogP contribution < -0.4 is 0 Å². The Balaban J connectivity index is 2.52. The maximum absolute atomic E-state index is 12.9. The van der Waals surface area contributed by atoms with E-state index in [1.54, 1.807) is 6.07 Å². The Bertz CT molecular complexity index is 339. The van der Waals surface area contributed by atoms with E-state index in [1.807, 2.05) is 25.9 Å². The Morgan fingerprint density at radius 1 is 1.38 bits per heavy atom. The Hall–Kier alpha value is -0.930. The van der Waals surface area contributed by atoms with Gasteiger partial charge in [0.05, 0.1) is 6.10 Å². The second-order valence-electron chi connectivity index (χ2n) is 4.52. The minimum Gasteiger partial charge on any atom is -0.393 e. The quantitative estimate of drug-likeness (QED) is 0.828. The summed E-state index contributed by atoms with van der Waals surface area (Å²) in [5.74, 6) is -0.218. The molecule has 0 saturated carbocycles. The zero-order valence-corrected chi connectivity index (χ0v) is 10.2. The van der Waals surface area contributed by atoms with Crippen LogP contribution in [0.15, 0.2) is 18.2 Å². The molecule has 1 aromatic rings. The minimum absolute atomic E-state index is 0.218. The number of benzene rings is 1. The molecule has 1 rings (SSSR count). The third-order valence-electron chi connectivity index (χ3n) is 2.67. The largest absolute Gasteiger partial charge is 0.393 e. The Morgan fingerprint density at radius 3 is 2.62 bits per heavy atom. The van der Waals surface area contributed by atoms with Gasteiger partial charge in [0.15, 0.2) is 0 Å². The summed E-state index contributed by atoms with van der Waals surface area (Å²) in [6.07, 6.45) is 0.982. The van der Waals surface area contributed by atoms with Gasteiger partial charge >= 0.3 is 0 Å². The zero-order chi connectivity index (χ0) is 12.1. The van der Waals surface area contributed by atoms with Crippen LogP contribution in [0.25, 0.3) is 0 Å². The Kier molecular flexibility index (Phi) is 4.90. The first kappa shape index (κ1) is 13.1. The lowest BCUT2D eigenvalue weighted by molar-refractivity contribution is 0.152. The molecule has 0 amide bonds. The average molecular weight is 225 g/mol. The highest BCUT2D eigenvalue weighted by atomic mass is 19.1. The molecule has 0 radical (unpaired) electrons. The molecule has 1 N–H and O–H groups in total. The van der Waals surface area contributed by atoms with E-state index in [0.29, 0.717) is 6.42 Å². The maximum Gasteiger partial charge on any atom is 0.123 e. The van der Waals surface area contributed by atoms with Crippen molar-refractivity contribution in [2.75, 3.05) is 20.6 Å². The molecule has 2 nitrogen and oxygen atoms in total. The molecular weight excluding hydrogens is 205 g/mol. The van der Waals surface area contributed by atoms with Crippen LogP contribution >= 0.6 is 0 Å². The van der Waals surface area contributed by atoms with Crippen LogP contribution in [0.2, 0.25) is 0 Å². The number of nitrogens with zero attached hydrogens (tertiary/aromatic N) is 1. The predicted octanol–water partition coefficient (Wildman–Crippen LogP) is 1.99. The lowest BCUT2D eigenvalue weighted by Crippen LogP contribution is -2.21. The van der Waals surface area contributed by atoms with Gasteiger partial charge in [0.25, 0.3) is 0 Å². The van der Waals surface area contributed by atoms with Gasteiger partial charge in [-0.2, -0.15) is 0 Å². The van der Waals surface area contributed by atoms with Crippen molar-refractivity contribution in [1.82, 2.24) is 4.90 Å². The average Bonchev–Trinajstić information content (AvgIpc) is 2.19. The number of hydrogen-bond donors (Lipinski definition) is 1. The molecule has 0 heterocycles. The van der Waals surface area contributed by atoms with Crippen molar-refractivity contribution >= 4 is 0 Å². The van der Waals surface area contributed by atoms with Crippen molar-refractivity contribution in [1.29, 1.82) is 0 Å². The van der Waals surface area contributed by atoms with E-state index in [0.717, 1.165) is 24.1 Å². The van der Waals surface area contributed by atoms with Crippen molar-refractivity contribution in [3.8, 4) is 0 Å². The molecule has 16 heavy (non-hydrogen) atoms. The van der Waals surface area contributed by atoms with Gasteiger partial charge in [-0.3, -0.25) is 0 Å². The van der Waals surface area contributed by atoms with Crippen LogP contribution in [0.1, 0.15) is 17.5 Å². The third-order valence-corrected chi connectivity index (χ3v) is 2.67. The third kappa shape index (κ3) is 4.29. The van der Waals surface area contributed by atoms with Gasteiger partial charge in [-0.25, -0.2) is 4.39 Å². The first-order valence-electron chi connectivity index (χ1n) is 5.57. The van der Waals surface area contributed by atoms with Crippen LogP contribution in [0.4, 0.5) is 4.39 Å². The van der Waals surface area contributed by atoms with Crippen molar-refractivity contribution in [3.05, 3.63) is 35.1 Å². The summed E-state index contributed by atoms with van der Waals surface area (Å²) in [7, 11) is 3.96. The molecule has 0 aliphatic carbocycles. The van der Waals surface area contributed by atoms with Gasteiger partial charge in [-0.05, 0) is 63.7 Å². The van der Waals surface area contributed by atoms with E-state index in [1.165, 1.54) is 12.1 Å². The van der Waals surface area contributed by atoms with Crippen LogP contribution in [0.3, 0.4) is 0 Å². The number of halogens is 1. The van der Waals surface area contributed by atoms with Gasteiger partial charge in [0.2, 0.25) is 0 Å². The summed E-state index contributed by atoms with van der Waals surface area (Å²) < 4.78 is 12.9. The van der Waals surface area contributed by atoms with Crippen molar-refractivity contribution < 1.29 is 9.50 Å². The van der Waals surface area contributed by atoms with Gasteiger partial charge in [-0.15, -0.1) is 0 Å². The van der Waals surface area contributed by atoms with Gasteiger partial charge in [0.1, 0.15) is 5.82 Å². The molecule has 3 heteroatoms. The highest BCUT2D eigenvalue weighted by Crippen LogP contribution is 2.13. The summed E-state index contributed by atoms with van der Waals surface area (Å²) in [4.78, 5) is 2.04. The molecule has 0 aromatic heterocycles. The number of hydrogen-bond acceptors (Lipinski definition) is 2. The molecule has 1 atom stereocenters. The van der Waals surface area contributed by atoms with Crippen LogP contribution in [0, 0.1) is 12.7 Å². The van der Waals surface area contributed by atoms with E-state index in [2.05, 4.69) is 0 Å². The first-order valence-corrected chi connectivity index (χ1v) is 5.57. The fourth-order valence-corrected chi connectivity index (χ4v) is 1.65. The lowest BCUT2D eigenvalue weighted by atomic mass is 10.0. The van der Waals surface area contributed by atoms with E-state index in [9.17, 15) is 9.50 Å². The predicted molar refractivity (Wildman–Crippen MR) is 64.0 cm³/mol. The van der Waals surface area contributed by atoms with E-state index in [4.69, 9.17) is 0 Å². The standard InChI is InChI=1S/C13H20FNO/c1-10-8-12(14)5-4-11(10)9-13(16)6-7-15(2)3/h4-5,8,13,16H,6-7,9H2,1-3H3. The summed E-state index contributed by atoms with van der Waals surface area (Å²) in [6, 6.07) is 4.71. The molecule has 1 unspecified atom stereocenters. The Labute approximate surface area is 96.7 Å². The highest BCUT2D eigenvalue weighted by Gasteiger charge is 2.08. The minimum atomic E-state index is -0.355. The summed E-state index contributed by atoms with van der Waals surface area (Å²) in [5, 5.41) is 9.82. The van der Waals surface area contributed by atoms with E-state index in [-0.39, 0.29) is 11.9 Å². The highest BCUT2D eigenvalue weighted by molar-refractivity contribution is 5.27. The fraction of sp³-hybridized carbons (Fsp3) is 0.538. The smallest absolute Gasteiger partial charge is 0.123 e. The van der Waals surface area contributed by atoms with Crippen LogP contribution in [0.5, 0.6) is 0 Å². The van der Waals surface area contributed by atoms with Gasteiger partial charge in [-0.1, -0.05) is 6.07 Å². The van der Waals surface area contributed by atoms with Crippen molar-refractivity contribution in [3.63, 3.8) is 0 Å². The zero-order valence-electron chi connectivity index (χ0n) is 10.2. The topological polar surface area (TPSA) is 23.5 Å².